The summed E-state index contributed by atoms with van der Waals surface area (Å²) in [5.41, 5.74) is 7.48. The highest BCUT2D eigenvalue weighted by atomic mass is 32.2. The summed E-state index contributed by atoms with van der Waals surface area (Å²) in [6, 6.07) is 13.0. The molecule has 0 unspecified atom stereocenters. The number of ketones is 2. The number of hydrogen-bond acceptors (Lipinski definition) is 5. The molecule has 0 aliphatic heterocycles. The number of nitrogens with one attached hydrogen (secondary N) is 1. The number of carbonyl (C=O) groups excluding carboxylic acids is 2. The van der Waals surface area contributed by atoms with E-state index < -0.39 is 33.7 Å². The quantitative estimate of drug-likeness (QED) is 0.624. The van der Waals surface area contributed by atoms with E-state index in [1.54, 1.807) is 50.2 Å². The number of aryl methyl sites for hydroxylation is 1. The van der Waals surface area contributed by atoms with Crippen molar-refractivity contribution < 1.29 is 18.0 Å². The van der Waals surface area contributed by atoms with E-state index in [0.717, 1.165) is 11.1 Å². The molecular formula is C21H26N2O4S. The standard InChI is InChI=1S/C21H26N2O4S/c1-14(2)19(22)21(25)20(24)18(13-16-7-5-4-6-8-16)23-28(26,27)17-11-9-15(3)10-12-17/h4-12,14,18-19,23H,13,22H2,1-3H3/t18-,19-/m0/s1. The van der Waals surface area contributed by atoms with E-state index in [4.69, 9.17) is 5.73 Å². The summed E-state index contributed by atoms with van der Waals surface area (Å²) in [7, 11) is -3.98. The van der Waals surface area contributed by atoms with Crippen molar-refractivity contribution in [2.75, 3.05) is 0 Å². The maximum absolute atomic E-state index is 12.8. The van der Waals surface area contributed by atoms with Crippen LogP contribution >= 0.6 is 0 Å². The molecule has 0 saturated heterocycles. The van der Waals surface area contributed by atoms with Gasteiger partial charge < -0.3 is 5.73 Å². The average Bonchev–Trinajstić information content (AvgIpc) is 2.66. The maximum atomic E-state index is 12.8. The largest absolute Gasteiger partial charge is 0.321 e. The topological polar surface area (TPSA) is 106 Å². The molecule has 2 aromatic rings. The lowest BCUT2D eigenvalue weighted by molar-refractivity contribution is -0.138. The smallest absolute Gasteiger partial charge is 0.241 e. The van der Waals surface area contributed by atoms with E-state index >= 15 is 0 Å². The van der Waals surface area contributed by atoms with E-state index in [2.05, 4.69) is 4.72 Å². The molecule has 0 radical (unpaired) electrons. The van der Waals surface area contributed by atoms with Gasteiger partial charge >= 0.3 is 0 Å². The van der Waals surface area contributed by atoms with E-state index in [0.29, 0.717) is 0 Å². The van der Waals surface area contributed by atoms with Crippen LogP contribution in [0.3, 0.4) is 0 Å². The second kappa shape index (κ2) is 9.23. The Bertz CT molecular complexity index is 923. The molecule has 3 N–H and O–H groups in total. The SMILES string of the molecule is Cc1ccc(S(=O)(=O)N[C@@H](Cc2ccccc2)C(=O)C(=O)[C@@H](N)C(C)C)cc1. The summed E-state index contributed by atoms with van der Waals surface area (Å²) in [6.45, 7) is 5.31. The number of rotatable bonds is 9. The Balaban J connectivity index is 2.33. The van der Waals surface area contributed by atoms with Gasteiger partial charge in [-0.1, -0.05) is 61.9 Å². The summed E-state index contributed by atoms with van der Waals surface area (Å²) < 4.78 is 27.9. The van der Waals surface area contributed by atoms with E-state index in [1.807, 2.05) is 13.0 Å². The highest BCUT2D eigenvalue weighted by Crippen LogP contribution is 2.14. The molecule has 28 heavy (non-hydrogen) atoms. The number of benzene rings is 2. The second-order valence-electron chi connectivity index (χ2n) is 7.17. The molecule has 2 rings (SSSR count). The van der Waals surface area contributed by atoms with E-state index in [-0.39, 0.29) is 17.2 Å². The van der Waals surface area contributed by atoms with Crippen molar-refractivity contribution in [1.82, 2.24) is 4.72 Å². The van der Waals surface area contributed by atoms with Crippen LogP contribution in [-0.2, 0) is 26.0 Å². The van der Waals surface area contributed by atoms with Crippen LogP contribution in [-0.4, -0.2) is 32.1 Å². The molecular weight excluding hydrogens is 376 g/mol. The number of nitrogens with two attached hydrogens (primary N) is 1. The van der Waals surface area contributed by atoms with Crippen molar-refractivity contribution in [3.63, 3.8) is 0 Å². The van der Waals surface area contributed by atoms with Gasteiger partial charge in [0.1, 0.15) is 0 Å². The molecule has 150 valence electrons. The summed E-state index contributed by atoms with van der Waals surface area (Å²) in [5.74, 6) is -1.84. The number of hydrogen-bond donors (Lipinski definition) is 2. The van der Waals surface area contributed by atoms with Gasteiger partial charge in [0.05, 0.1) is 17.0 Å². The normalized spacial score (nSPS) is 13.9. The Morgan fingerprint density at radius 1 is 0.964 bits per heavy atom. The minimum atomic E-state index is -3.98. The van der Waals surface area contributed by atoms with Crippen LogP contribution in [0.1, 0.15) is 25.0 Å². The fraction of sp³-hybridized carbons (Fsp3) is 0.333. The van der Waals surface area contributed by atoms with E-state index in [1.165, 1.54) is 12.1 Å². The van der Waals surface area contributed by atoms with Gasteiger partial charge in [-0.05, 0) is 37.0 Å². The third-order valence-corrected chi connectivity index (χ3v) is 5.98. The Morgan fingerprint density at radius 3 is 2.07 bits per heavy atom. The van der Waals surface area contributed by atoms with Crippen LogP contribution in [0, 0.1) is 12.8 Å². The highest BCUT2D eigenvalue weighted by molar-refractivity contribution is 7.89. The third kappa shape index (κ3) is 5.58. The first-order valence-corrected chi connectivity index (χ1v) is 10.6. The second-order valence-corrected chi connectivity index (χ2v) is 8.89. The zero-order chi connectivity index (χ0) is 20.9. The van der Waals surface area contributed by atoms with Crippen molar-refractivity contribution in [2.24, 2.45) is 11.7 Å². The minimum absolute atomic E-state index is 0.0320. The summed E-state index contributed by atoms with van der Waals surface area (Å²) >= 11 is 0. The Labute approximate surface area is 166 Å². The predicted molar refractivity (Wildman–Crippen MR) is 108 cm³/mol. The fourth-order valence-corrected chi connectivity index (χ4v) is 3.84. The van der Waals surface area contributed by atoms with Gasteiger partial charge in [0, 0.05) is 0 Å². The highest BCUT2D eigenvalue weighted by Gasteiger charge is 2.33. The first-order valence-electron chi connectivity index (χ1n) is 9.08. The molecule has 7 heteroatoms. The fourth-order valence-electron chi connectivity index (χ4n) is 2.65. The molecule has 0 bridgehead atoms. The van der Waals surface area contributed by atoms with Gasteiger partial charge in [-0.15, -0.1) is 0 Å². The van der Waals surface area contributed by atoms with Gasteiger partial charge in [-0.25, -0.2) is 8.42 Å². The molecule has 0 heterocycles. The summed E-state index contributed by atoms with van der Waals surface area (Å²) in [6.07, 6.45) is 0.0569. The third-order valence-electron chi connectivity index (χ3n) is 4.49. The number of Topliss-reactive ketones (excluding diaryl/α,β-unsaturated/α-hetero) is 2. The maximum Gasteiger partial charge on any atom is 0.241 e. The van der Waals surface area contributed by atoms with Crippen LogP contribution in [0.5, 0.6) is 0 Å². The van der Waals surface area contributed by atoms with Crippen molar-refractivity contribution >= 4 is 21.6 Å². The molecule has 2 aromatic carbocycles. The van der Waals surface area contributed by atoms with Gasteiger partial charge in [-0.3, -0.25) is 9.59 Å². The van der Waals surface area contributed by atoms with Crippen LogP contribution in [0.25, 0.3) is 0 Å². The average molecular weight is 403 g/mol. The predicted octanol–water partition coefficient (Wildman–Crippen LogP) is 2.01. The van der Waals surface area contributed by atoms with Gasteiger partial charge in [0.15, 0.2) is 0 Å². The monoisotopic (exact) mass is 402 g/mol. The van der Waals surface area contributed by atoms with Crippen molar-refractivity contribution in [3.05, 3.63) is 65.7 Å². The Hall–Kier alpha value is -2.35. The molecule has 0 amide bonds. The zero-order valence-electron chi connectivity index (χ0n) is 16.3. The zero-order valence-corrected chi connectivity index (χ0v) is 17.1. The van der Waals surface area contributed by atoms with Crippen LogP contribution in [0.15, 0.2) is 59.5 Å². The van der Waals surface area contributed by atoms with Crippen molar-refractivity contribution in [2.45, 2.75) is 44.2 Å². The van der Waals surface area contributed by atoms with Gasteiger partial charge in [-0.2, -0.15) is 4.72 Å². The molecule has 0 spiro atoms. The molecule has 0 saturated carbocycles. The van der Waals surface area contributed by atoms with Crippen molar-refractivity contribution in [1.29, 1.82) is 0 Å². The van der Waals surface area contributed by atoms with Crippen LogP contribution in [0.2, 0.25) is 0 Å². The first kappa shape index (κ1) is 21.9. The van der Waals surface area contributed by atoms with Crippen LogP contribution < -0.4 is 10.5 Å². The van der Waals surface area contributed by atoms with Gasteiger partial charge in [0.25, 0.3) is 0 Å². The van der Waals surface area contributed by atoms with Crippen molar-refractivity contribution in [3.8, 4) is 0 Å². The minimum Gasteiger partial charge on any atom is -0.321 e. The summed E-state index contributed by atoms with van der Waals surface area (Å²) in [4.78, 5) is 25.3. The molecule has 2 atom stereocenters. The molecule has 0 aliphatic rings. The first-order chi connectivity index (χ1) is 13.1. The Kier molecular flexibility index (Phi) is 7.23. The van der Waals surface area contributed by atoms with Crippen LogP contribution in [0.4, 0.5) is 0 Å². The molecule has 0 aliphatic carbocycles. The van der Waals surface area contributed by atoms with E-state index in [9.17, 15) is 18.0 Å². The lowest BCUT2D eigenvalue weighted by Crippen LogP contribution is -2.50. The lowest BCUT2D eigenvalue weighted by Gasteiger charge is -2.20. The Morgan fingerprint density at radius 2 is 1.54 bits per heavy atom. The lowest BCUT2D eigenvalue weighted by atomic mass is 9.93. The number of sulfonamides is 1. The van der Waals surface area contributed by atoms with Gasteiger partial charge in [0.2, 0.25) is 21.6 Å². The molecule has 6 nitrogen and oxygen atoms in total. The summed E-state index contributed by atoms with van der Waals surface area (Å²) in [5, 5.41) is 0. The number of carbonyl (C=O) groups is 2. The molecule has 0 aromatic heterocycles. The molecule has 0 fully saturated rings.